The highest BCUT2D eigenvalue weighted by molar-refractivity contribution is 5.87. The van der Waals surface area contributed by atoms with Crippen LogP contribution >= 0.6 is 0 Å². The predicted molar refractivity (Wildman–Crippen MR) is 89.4 cm³/mol. The van der Waals surface area contributed by atoms with Crippen molar-refractivity contribution in [3.63, 3.8) is 0 Å². The Morgan fingerprint density at radius 3 is 2.27 bits per heavy atom. The van der Waals surface area contributed by atoms with E-state index in [0.717, 1.165) is 12.0 Å². The second-order valence-corrected chi connectivity index (χ2v) is 5.58. The van der Waals surface area contributed by atoms with Gasteiger partial charge in [-0.15, -0.1) is 0 Å². The highest BCUT2D eigenvalue weighted by Crippen LogP contribution is 2.14. The molecule has 0 radical (unpaired) electrons. The van der Waals surface area contributed by atoms with Crippen molar-refractivity contribution in [2.24, 2.45) is 0 Å². The zero-order valence-electron chi connectivity index (χ0n) is 14.2. The van der Waals surface area contributed by atoms with Crippen LogP contribution in [0.2, 0.25) is 0 Å². The van der Waals surface area contributed by atoms with Crippen LogP contribution in [0.1, 0.15) is 51.2 Å². The van der Waals surface area contributed by atoms with E-state index in [4.69, 9.17) is 0 Å². The van der Waals surface area contributed by atoms with Crippen molar-refractivity contribution in [1.29, 1.82) is 0 Å². The van der Waals surface area contributed by atoms with Gasteiger partial charge in [-0.25, -0.2) is 0 Å². The summed E-state index contributed by atoms with van der Waals surface area (Å²) in [4.78, 5) is 26.3. The standard InChI is InChI=1S/C18H28N2O2/c1-5-12-19-18(22)16(6-2)20(17(21)7-3)13-15-10-8-14(4)9-11-15/h8-11,16H,5-7,12-13H2,1-4H3,(H,19,22)/t16-/m1/s1. The Kier molecular flexibility index (Phi) is 7.64. The summed E-state index contributed by atoms with van der Waals surface area (Å²) in [5.41, 5.74) is 2.24. The molecule has 122 valence electrons. The average Bonchev–Trinajstić information content (AvgIpc) is 2.53. The minimum absolute atomic E-state index is 0.0130. The second-order valence-electron chi connectivity index (χ2n) is 5.58. The number of carbonyl (C=O) groups is 2. The van der Waals surface area contributed by atoms with Gasteiger partial charge in [-0.1, -0.05) is 50.6 Å². The Morgan fingerprint density at radius 1 is 1.14 bits per heavy atom. The minimum Gasteiger partial charge on any atom is -0.354 e. The Hall–Kier alpha value is -1.84. The Morgan fingerprint density at radius 2 is 1.77 bits per heavy atom. The van der Waals surface area contributed by atoms with E-state index >= 15 is 0 Å². The molecule has 0 aliphatic carbocycles. The molecule has 0 saturated heterocycles. The average molecular weight is 304 g/mol. The Balaban J connectivity index is 2.92. The zero-order valence-corrected chi connectivity index (χ0v) is 14.2. The summed E-state index contributed by atoms with van der Waals surface area (Å²) < 4.78 is 0. The molecule has 1 atom stereocenters. The molecule has 0 aliphatic heterocycles. The first kappa shape index (κ1) is 18.2. The lowest BCUT2D eigenvalue weighted by atomic mass is 10.1. The first-order valence-electron chi connectivity index (χ1n) is 8.16. The van der Waals surface area contributed by atoms with Gasteiger partial charge in [-0.2, -0.15) is 0 Å². The van der Waals surface area contributed by atoms with Gasteiger partial charge < -0.3 is 10.2 Å². The van der Waals surface area contributed by atoms with Crippen molar-refractivity contribution in [2.45, 2.75) is 59.5 Å². The van der Waals surface area contributed by atoms with E-state index in [1.807, 2.05) is 52.0 Å². The van der Waals surface area contributed by atoms with Gasteiger partial charge in [-0.3, -0.25) is 9.59 Å². The van der Waals surface area contributed by atoms with E-state index in [9.17, 15) is 9.59 Å². The third kappa shape index (κ3) is 5.17. The lowest BCUT2D eigenvalue weighted by Gasteiger charge is -2.30. The molecule has 1 aromatic rings. The van der Waals surface area contributed by atoms with Crippen LogP contribution in [0.4, 0.5) is 0 Å². The fourth-order valence-electron chi connectivity index (χ4n) is 2.38. The van der Waals surface area contributed by atoms with Crippen molar-refractivity contribution in [1.82, 2.24) is 10.2 Å². The lowest BCUT2D eigenvalue weighted by molar-refractivity contribution is -0.141. The highest BCUT2D eigenvalue weighted by atomic mass is 16.2. The summed E-state index contributed by atoms with van der Waals surface area (Å²) in [5, 5.41) is 2.90. The molecule has 1 rings (SSSR count). The maximum atomic E-state index is 12.3. The predicted octanol–water partition coefficient (Wildman–Crippen LogP) is 3.04. The van der Waals surface area contributed by atoms with Crippen LogP contribution in [0.3, 0.4) is 0 Å². The second kappa shape index (κ2) is 9.23. The van der Waals surface area contributed by atoms with E-state index < -0.39 is 6.04 Å². The Labute approximate surface area is 133 Å². The fourth-order valence-corrected chi connectivity index (χ4v) is 2.38. The van der Waals surface area contributed by atoms with Gasteiger partial charge in [0.2, 0.25) is 11.8 Å². The van der Waals surface area contributed by atoms with Crippen LogP contribution in [0.5, 0.6) is 0 Å². The number of rotatable bonds is 8. The number of hydrogen-bond donors (Lipinski definition) is 1. The van der Waals surface area contributed by atoms with Gasteiger partial charge >= 0.3 is 0 Å². The van der Waals surface area contributed by atoms with Gasteiger partial charge in [0.05, 0.1) is 0 Å². The lowest BCUT2D eigenvalue weighted by Crippen LogP contribution is -2.49. The van der Waals surface area contributed by atoms with E-state index in [1.54, 1.807) is 4.90 Å². The molecule has 4 heteroatoms. The van der Waals surface area contributed by atoms with Crippen LogP contribution < -0.4 is 5.32 Å². The molecule has 0 fully saturated rings. The highest BCUT2D eigenvalue weighted by Gasteiger charge is 2.27. The number of nitrogens with one attached hydrogen (secondary N) is 1. The molecule has 0 saturated carbocycles. The van der Waals surface area contributed by atoms with E-state index in [0.29, 0.717) is 25.9 Å². The monoisotopic (exact) mass is 304 g/mol. The SMILES string of the molecule is CCCNC(=O)[C@@H](CC)N(Cc1ccc(C)cc1)C(=O)CC. The Bertz CT molecular complexity index is 482. The zero-order chi connectivity index (χ0) is 16.5. The fraction of sp³-hybridized carbons (Fsp3) is 0.556. The molecule has 0 aromatic heterocycles. The van der Waals surface area contributed by atoms with Crippen LogP contribution in [0, 0.1) is 6.92 Å². The number of benzene rings is 1. The molecule has 22 heavy (non-hydrogen) atoms. The molecule has 0 heterocycles. The maximum absolute atomic E-state index is 12.3. The van der Waals surface area contributed by atoms with Crippen molar-refractivity contribution in [2.75, 3.05) is 6.54 Å². The first-order valence-corrected chi connectivity index (χ1v) is 8.16. The third-order valence-corrected chi connectivity index (χ3v) is 3.71. The van der Waals surface area contributed by atoms with Crippen LogP contribution in [-0.2, 0) is 16.1 Å². The maximum Gasteiger partial charge on any atom is 0.242 e. The van der Waals surface area contributed by atoms with Gasteiger partial charge in [0, 0.05) is 19.5 Å². The third-order valence-electron chi connectivity index (χ3n) is 3.71. The van der Waals surface area contributed by atoms with Crippen molar-refractivity contribution in [3.05, 3.63) is 35.4 Å². The molecule has 0 bridgehead atoms. The van der Waals surface area contributed by atoms with Crippen LogP contribution in [0.25, 0.3) is 0 Å². The molecule has 2 amide bonds. The molecule has 0 spiro atoms. The summed E-state index contributed by atoms with van der Waals surface area (Å²) in [5.74, 6) is -0.0441. The van der Waals surface area contributed by atoms with E-state index in [1.165, 1.54) is 5.56 Å². The van der Waals surface area contributed by atoms with Crippen molar-refractivity contribution < 1.29 is 9.59 Å². The summed E-state index contributed by atoms with van der Waals surface area (Å²) in [6, 6.07) is 7.69. The van der Waals surface area contributed by atoms with E-state index in [-0.39, 0.29) is 11.8 Å². The smallest absolute Gasteiger partial charge is 0.242 e. The van der Waals surface area contributed by atoms with Gasteiger partial charge in [0.25, 0.3) is 0 Å². The van der Waals surface area contributed by atoms with Gasteiger partial charge in [0.1, 0.15) is 6.04 Å². The van der Waals surface area contributed by atoms with Gasteiger partial charge in [-0.05, 0) is 25.3 Å². The normalized spacial score (nSPS) is 11.8. The number of carbonyl (C=O) groups excluding carboxylic acids is 2. The number of amides is 2. The summed E-state index contributed by atoms with van der Waals surface area (Å²) >= 11 is 0. The molecular formula is C18H28N2O2. The number of hydrogen-bond acceptors (Lipinski definition) is 2. The molecule has 0 aliphatic rings. The summed E-state index contributed by atoms with van der Waals surface area (Å²) in [6.07, 6.45) is 1.92. The van der Waals surface area contributed by atoms with Crippen LogP contribution in [-0.4, -0.2) is 29.3 Å². The number of nitrogens with zero attached hydrogens (tertiary/aromatic N) is 1. The van der Waals surface area contributed by atoms with Gasteiger partial charge in [0.15, 0.2) is 0 Å². The van der Waals surface area contributed by atoms with E-state index in [2.05, 4.69) is 5.32 Å². The largest absolute Gasteiger partial charge is 0.354 e. The first-order chi connectivity index (χ1) is 10.5. The van der Waals surface area contributed by atoms with Crippen molar-refractivity contribution >= 4 is 11.8 Å². The van der Waals surface area contributed by atoms with Crippen molar-refractivity contribution in [3.8, 4) is 0 Å². The minimum atomic E-state index is -0.402. The molecule has 0 unspecified atom stereocenters. The molecule has 4 nitrogen and oxygen atoms in total. The number of aryl methyl sites for hydroxylation is 1. The summed E-state index contributed by atoms with van der Waals surface area (Å²) in [6.45, 7) is 8.95. The topological polar surface area (TPSA) is 49.4 Å². The quantitative estimate of drug-likeness (QED) is 0.802. The summed E-state index contributed by atoms with van der Waals surface area (Å²) in [7, 11) is 0. The molecule has 1 aromatic carbocycles. The van der Waals surface area contributed by atoms with Crippen LogP contribution in [0.15, 0.2) is 24.3 Å². The molecular weight excluding hydrogens is 276 g/mol. The molecule has 1 N–H and O–H groups in total.